The van der Waals surface area contributed by atoms with Crippen LogP contribution in [-0.2, 0) is 4.79 Å². The summed E-state index contributed by atoms with van der Waals surface area (Å²) in [6.07, 6.45) is 1.59. The number of benzene rings is 1. The van der Waals surface area contributed by atoms with Gasteiger partial charge in [-0.2, -0.15) is 9.78 Å². The number of furan rings is 1. The molecule has 0 bridgehead atoms. The SMILES string of the molecule is Cc1cc(NC(=O)CNC(=O)c2ccccc2)n(-c2nc(-c3ccco3)cs2)n1. The normalized spacial score (nSPS) is 10.7. The number of amides is 2. The first kappa shape index (κ1) is 18.6. The van der Waals surface area contributed by atoms with Crippen LogP contribution in [0.5, 0.6) is 0 Å². The van der Waals surface area contributed by atoms with Crippen LogP contribution in [0.3, 0.4) is 0 Å². The van der Waals surface area contributed by atoms with Crippen LogP contribution in [0.2, 0.25) is 0 Å². The van der Waals surface area contributed by atoms with Gasteiger partial charge in [0.1, 0.15) is 11.5 Å². The minimum Gasteiger partial charge on any atom is -0.463 e. The lowest BCUT2D eigenvalue weighted by atomic mass is 10.2. The van der Waals surface area contributed by atoms with Gasteiger partial charge >= 0.3 is 0 Å². The van der Waals surface area contributed by atoms with Crippen molar-refractivity contribution in [1.29, 1.82) is 0 Å². The maximum absolute atomic E-state index is 12.3. The van der Waals surface area contributed by atoms with Crippen molar-refractivity contribution in [3.05, 3.63) is 71.4 Å². The van der Waals surface area contributed by atoms with Gasteiger partial charge in [-0.1, -0.05) is 18.2 Å². The molecule has 0 saturated heterocycles. The largest absolute Gasteiger partial charge is 0.463 e. The molecule has 0 atom stereocenters. The maximum Gasteiger partial charge on any atom is 0.251 e. The summed E-state index contributed by atoms with van der Waals surface area (Å²) in [5.41, 5.74) is 1.91. The van der Waals surface area contributed by atoms with E-state index < -0.39 is 0 Å². The van der Waals surface area contributed by atoms with E-state index in [1.807, 2.05) is 24.4 Å². The van der Waals surface area contributed by atoms with Crippen molar-refractivity contribution in [2.24, 2.45) is 0 Å². The Balaban J connectivity index is 1.44. The lowest BCUT2D eigenvalue weighted by molar-refractivity contribution is -0.115. The molecular formula is C20H17N5O3S. The van der Waals surface area contributed by atoms with Crippen LogP contribution in [0.1, 0.15) is 16.1 Å². The summed E-state index contributed by atoms with van der Waals surface area (Å²) < 4.78 is 6.92. The molecule has 0 aliphatic rings. The molecule has 1 aromatic carbocycles. The van der Waals surface area contributed by atoms with Crippen LogP contribution in [0.25, 0.3) is 16.6 Å². The molecule has 4 rings (SSSR count). The van der Waals surface area contributed by atoms with Gasteiger partial charge < -0.3 is 15.1 Å². The molecule has 0 spiro atoms. The van der Waals surface area contributed by atoms with Gasteiger partial charge in [0.2, 0.25) is 11.0 Å². The molecule has 146 valence electrons. The predicted octanol–water partition coefficient (Wildman–Crippen LogP) is 3.27. The molecule has 0 radical (unpaired) electrons. The lowest BCUT2D eigenvalue weighted by Crippen LogP contribution is -2.33. The Labute approximate surface area is 170 Å². The first-order valence-electron chi connectivity index (χ1n) is 8.80. The maximum atomic E-state index is 12.3. The summed E-state index contributed by atoms with van der Waals surface area (Å²) in [6, 6.07) is 14.1. The molecule has 4 aromatic rings. The first-order chi connectivity index (χ1) is 14.1. The summed E-state index contributed by atoms with van der Waals surface area (Å²) in [5.74, 6) is 0.457. The van der Waals surface area contributed by atoms with Gasteiger partial charge in [0.25, 0.3) is 5.91 Å². The topological polar surface area (TPSA) is 102 Å². The van der Waals surface area contributed by atoms with E-state index in [-0.39, 0.29) is 18.4 Å². The highest BCUT2D eigenvalue weighted by Gasteiger charge is 2.16. The number of anilines is 1. The summed E-state index contributed by atoms with van der Waals surface area (Å²) in [6.45, 7) is 1.66. The highest BCUT2D eigenvalue weighted by atomic mass is 32.1. The molecule has 0 saturated carbocycles. The van der Waals surface area contributed by atoms with Crippen LogP contribution >= 0.6 is 11.3 Å². The molecule has 0 aliphatic carbocycles. The van der Waals surface area contributed by atoms with Crippen molar-refractivity contribution in [3.63, 3.8) is 0 Å². The van der Waals surface area contributed by atoms with E-state index in [9.17, 15) is 9.59 Å². The smallest absolute Gasteiger partial charge is 0.251 e. The second-order valence-corrected chi connectivity index (χ2v) is 7.01. The van der Waals surface area contributed by atoms with Gasteiger partial charge in [0.15, 0.2) is 5.76 Å². The Kier molecular flexibility index (Phi) is 5.21. The molecule has 3 heterocycles. The number of aryl methyl sites for hydroxylation is 1. The van der Waals surface area contributed by atoms with Crippen LogP contribution < -0.4 is 10.6 Å². The van der Waals surface area contributed by atoms with Crippen LogP contribution in [-0.4, -0.2) is 33.1 Å². The number of hydrogen-bond donors (Lipinski definition) is 2. The third-order valence-corrected chi connectivity index (χ3v) is 4.81. The second kappa shape index (κ2) is 8.11. The van der Waals surface area contributed by atoms with Gasteiger partial charge in [0, 0.05) is 17.0 Å². The van der Waals surface area contributed by atoms with Gasteiger partial charge in [-0.15, -0.1) is 11.3 Å². The van der Waals surface area contributed by atoms with E-state index >= 15 is 0 Å². The number of carbonyl (C=O) groups excluding carboxylic acids is 2. The average molecular weight is 407 g/mol. The van der Waals surface area contributed by atoms with Crippen molar-refractivity contribution >= 4 is 29.0 Å². The monoisotopic (exact) mass is 407 g/mol. The predicted molar refractivity (Wildman–Crippen MR) is 109 cm³/mol. The fraction of sp³-hybridized carbons (Fsp3) is 0.100. The Morgan fingerprint density at radius 2 is 2.00 bits per heavy atom. The number of thiazole rings is 1. The number of carbonyl (C=O) groups is 2. The average Bonchev–Trinajstić information content (AvgIpc) is 3.47. The molecule has 3 aromatic heterocycles. The standard InChI is InChI=1S/C20H17N5O3S/c1-13-10-17(23-18(26)11-21-19(27)14-6-3-2-4-7-14)25(24-13)20-22-15(12-29-20)16-8-5-9-28-16/h2-10,12H,11H2,1H3,(H,21,27)(H,23,26). The van der Waals surface area contributed by atoms with Gasteiger partial charge in [-0.05, 0) is 31.2 Å². The fourth-order valence-electron chi connectivity index (χ4n) is 2.67. The summed E-state index contributed by atoms with van der Waals surface area (Å²) >= 11 is 1.38. The fourth-order valence-corrected chi connectivity index (χ4v) is 3.45. The zero-order valence-corrected chi connectivity index (χ0v) is 16.3. The highest BCUT2D eigenvalue weighted by Crippen LogP contribution is 2.26. The van der Waals surface area contributed by atoms with E-state index in [4.69, 9.17) is 4.42 Å². The lowest BCUT2D eigenvalue weighted by Gasteiger charge is -2.08. The number of aromatic nitrogens is 3. The van der Waals surface area contributed by atoms with Gasteiger partial charge in [-0.3, -0.25) is 9.59 Å². The Morgan fingerprint density at radius 1 is 1.17 bits per heavy atom. The van der Waals surface area contributed by atoms with Crippen molar-refractivity contribution in [2.45, 2.75) is 6.92 Å². The minimum absolute atomic E-state index is 0.159. The zero-order valence-electron chi connectivity index (χ0n) is 15.5. The number of hydrogen-bond acceptors (Lipinski definition) is 6. The second-order valence-electron chi connectivity index (χ2n) is 6.17. The highest BCUT2D eigenvalue weighted by molar-refractivity contribution is 7.12. The number of nitrogens with one attached hydrogen (secondary N) is 2. The molecule has 8 nitrogen and oxygen atoms in total. The third-order valence-electron chi connectivity index (χ3n) is 3.99. The minimum atomic E-state index is -0.363. The zero-order chi connectivity index (χ0) is 20.2. The van der Waals surface area contributed by atoms with Crippen molar-refractivity contribution < 1.29 is 14.0 Å². The summed E-state index contributed by atoms with van der Waals surface area (Å²) in [5, 5.41) is 12.2. The Morgan fingerprint density at radius 3 is 2.76 bits per heavy atom. The molecule has 29 heavy (non-hydrogen) atoms. The van der Waals surface area contributed by atoms with Gasteiger partial charge in [-0.25, -0.2) is 4.98 Å². The van der Waals surface area contributed by atoms with Gasteiger partial charge in [0.05, 0.1) is 18.5 Å². The number of nitrogens with zero attached hydrogens (tertiary/aromatic N) is 3. The summed E-state index contributed by atoms with van der Waals surface area (Å²) in [7, 11) is 0. The molecule has 0 unspecified atom stereocenters. The molecular weight excluding hydrogens is 390 g/mol. The molecule has 9 heteroatoms. The van der Waals surface area contributed by atoms with Crippen molar-refractivity contribution in [1.82, 2.24) is 20.1 Å². The molecule has 2 N–H and O–H groups in total. The Hall–Kier alpha value is -3.72. The third kappa shape index (κ3) is 4.25. The Bertz CT molecular complexity index is 1130. The quantitative estimate of drug-likeness (QED) is 0.511. The van der Waals surface area contributed by atoms with E-state index in [1.54, 1.807) is 47.3 Å². The van der Waals surface area contributed by atoms with Crippen molar-refractivity contribution in [2.75, 3.05) is 11.9 Å². The van der Waals surface area contributed by atoms with E-state index in [0.717, 1.165) is 5.69 Å². The van der Waals surface area contributed by atoms with Crippen molar-refractivity contribution in [3.8, 4) is 16.6 Å². The van der Waals surface area contributed by atoms with Crippen LogP contribution in [0.4, 0.5) is 5.82 Å². The van der Waals surface area contributed by atoms with E-state index in [0.29, 0.717) is 28.0 Å². The summed E-state index contributed by atoms with van der Waals surface area (Å²) in [4.78, 5) is 28.9. The molecule has 0 fully saturated rings. The van der Waals surface area contributed by atoms with Crippen LogP contribution in [0.15, 0.2) is 64.6 Å². The molecule has 0 aliphatic heterocycles. The number of rotatable bonds is 6. The van der Waals surface area contributed by atoms with E-state index in [1.165, 1.54) is 11.3 Å². The first-order valence-corrected chi connectivity index (χ1v) is 9.67. The van der Waals surface area contributed by atoms with E-state index in [2.05, 4.69) is 20.7 Å². The van der Waals surface area contributed by atoms with Crippen LogP contribution in [0, 0.1) is 6.92 Å². The molecule has 2 amide bonds.